The lowest BCUT2D eigenvalue weighted by atomic mass is 10.1. The highest BCUT2D eigenvalue weighted by Gasteiger charge is 2.10. The van der Waals surface area contributed by atoms with Crippen LogP contribution in [0, 0.1) is 0 Å². The summed E-state index contributed by atoms with van der Waals surface area (Å²) in [7, 11) is 1.62. The van der Waals surface area contributed by atoms with Crippen LogP contribution in [0.1, 0.15) is 16.1 Å². The lowest BCUT2D eigenvalue weighted by Crippen LogP contribution is -2.23. The molecule has 1 aromatic heterocycles. The maximum Gasteiger partial charge on any atom is 0.269 e. The van der Waals surface area contributed by atoms with Crippen LogP contribution in [0.2, 0.25) is 0 Å². The minimum atomic E-state index is -0.192. The number of methoxy groups -OCH3 is 1. The number of ether oxygens (including phenoxy) is 1. The van der Waals surface area contributed by atoms with Gasteiger partial charge in [-0.2, -0.15) is 5.10 Å². The van der Waals surface area contributed by atoms with E-state index in [1.807, 2.05) is 54.6 Å². The summed E-state index contributed by atoms with van der Waals surface area (Å²) in [6, 6.07) is 19.1. The minimum absolute atomic E-state index is 0.192. The van der Waals surface area contributed by atoms with Crippen LogP contribution in [0.15, 0.2) is 60.7 Å². The Morgan fingerprint density at radius 1 is 1.13 bits per heavy atom. The quantitative estimate of drug-likeness (QED) is 0.761. The molecule has 0 bridgehead atoms. The van der Waals surface area contributed by atoms with Crippen molar-refractivity contribution in [3.05, 3.63) is 71.9 Å². The third-order valence-electron chi connectivity index (χ3n) is 3.48. The first-order chi connectivity index (χ1) is 11.3. The van der Waals surface area contributed by atoms with Crippen LogP contribution >= 0.6 is 0 Å². The van der Waals surface area contributed by atoms with E-state index in [1.165, 1.54) is 0 Å². The van der Waals surface area contributed by atoms with E-state index in [9.17, 15) is 4.79 Å². The normalized spacial score (nSPS) is 10.3. The first kappa shape index (κ1) is 14.8. The maximum atomic E-state index is 12.2. The Hall–Kier alpha value is -3.08. The SMILES string of the molecule is COc1cccc(CNC(=O)c2cc(-c3ccccc3)n[nH]2)c1. The van der Waals surface area contributed by atoms with Crippen molar-refractivity contribution in [2.75, 3.05) is 7.11 Å². The van der Waals surface area contributed by atoms with Crippen LogP contribution in [0.3, 0.4) is 0 Å². The molecule has 5 heteroatoms. The maximum absolute atomic E-state index is 12.2. The van der Waals surface area contributed by atoms with E-state index < -0.39 is 0 Å². The minimum Gasteiger partial charge on any atom is -0.497 e. The van der Waals surface area contributed by atoms with Crippen molar-refractivity contribution >= 4 is 5.91 Å². The second-order valence-corrected chi connectivity index (χ2v) is 5.07. The Kier molecular flexibility index (Phi) is 4.38. The molecule has 0 unspecified atom stereocenters. The monoisotopic (exact) mass is 307 g/mol. The number of H-pyrrole nitrogens is 1. The number of aromatic amines is 1. The molecular weight excluding hydrogens is 290 g/mol. The Morgan fingerprint density at radius 3 is 2.74 bits per heavy atom. The molecule has 2 aromatic carbocycles. The zero-order chi connectivity index (χ0) is 16.1. The fourth-order valence-electron chi connectivity index (χ4n) is 2.25. The average molecular weight is 307 g/mol. The number of nitrogens with zero attached hydrogens (tertiary/aromatic N) is 1. The molecule has 2 N–H and O–H groups in total. The molecule has 5 nitrogen and oxygen atoms in total. The van der Waals surface area contributed by atoms with Crippen molar-refractivity contribution in [1.82, 2.24) is 15.5 Å². The number of hydrogen-bond donors (Lipinski definition) is 2. The Bertz CT molecular complexity index is 797. The van der Waals surface area contributed by atoms with Gasteiger partial charge in [-0.3, -0.25) is 9.89 Å². The summed E-state index contributed by atoms with van der Waals surface area (Å²) in [5.74, 6) is 0.576. The van der Waals surface area contributed by atoms with Gasteiger partial charge in [-0.1, -0.05) is 42.5 Å². The van der Waals surface area contributed by atoms with Crippen LogP contribution < -0.4 is 10.1 Å². The smallest absolute Gasteiger partial charge is 0.269 e. The fraction of sp³-hybridized carbons (Fsp3) is 0.111. The molecule has 0 radical (unpaired) electrons. The zero-order valence-corrected chi connectivity index (χ0v) is 12.7. The van der Waals surface area contributed by atoms with E-state index in [2.05, 4.69) is 15.5 Å². The molecule has 1 amide bonds. The summed E-state index contributed by atoms with van der Waals surface area (Å²) in [6.45, 7) is 0.426. The summed E-state index contributed by atoms with van der Waals surface area (Å²) < 4.78 is 5.17. The highest BCUT2D eigenvalue weighted by atomic mass is 16.5. The second-order valence-electron chi connectivity index (χ2n) is 5.07. The number of carbonyl (C=O) groups is 1. The first-order valence-electron chi connectivity index (χ1n) is 7.28. The van der Waals surface area contributed by atoms with Crippen molar-refractivity contribution in [2.24, 2.45) is 0 Å². The standard InChI is InChI=1S/C18H17N3O2/c1-23-15-9-5-6-13(10-15)12-19-18(22)17-11-16(20-21-17)14-7-3-2-4-8-14/h2-11H,12H2,1H3,(H,19,22)(H,20,21). The van der Waals surface area contributed by atoms with Crippen molar-refractivity contribution in [1.29, 1.82) is 0 Å². The number of rotatable bonds is 5. The molecule has 1 heterocycles. The van der Waals surface area contributed by atoms with Gasteiger partial charge in [0.2, 0.25) is 0 Å². The van der Waals surface area contributed by atoms with E-state index in [0.717, 1.165) is 22.6 Å². The predicted octanol–water partition coefficient (Wildman–Crippen LogP) is 3.02. The predicted molar refractivity (Wildman–Crippen MR) is 88.2 cm³/mol. The molecule has 3 aromatic rings. The molecule has 0 saturated heterocycles. The molecule has 3 rings (SSSR count). The van der Waals surface area contributed by atoms with Crippen molar-refractivity contribution in [3.8, 4) is 17.0 Å². The molecule has 116 valence electrons. The molecule has 23 heavy (non-hydrogen) atoms. The summed E-state index contributed by atoms with van der Waals surface area (Å²) in [6.07, 6.45) is 0. The van der Waals surface area contributed by atoms with Gasteiger partial charge in [0.25, 0.3) is 5.91 Å². The third kappa shape index (κ3) is 3.58. The molecule has 0 spiro atoms. The second kappa shape index (κ2) is 6.79. The highest BCUT2D eigenvalue weighted by Crippen LogP contribution is 2.17. The van der Waals surface area contributed by atoms with Gasteiger partial charge in [0.15, 0.2) is 0 Å². The van der Waals surface area contributed by atoms with E-state index in [1.54, 1.807) is 13.2 Å². The molecule has 0 saturated carbocycles. The number of aromatic nitrogens is 2. The van der Waals surface area contributed by atoms with E-state index >= 15 is 0 Å². The van der Waals surface area contributed by atoms with Crippen LogP contribution in [0.25, 0.3) is 11.3 Å². The van der Waals surface area contributed by atoms with Gasteiger partial charge < -0.3 is 10.1 Å². The van der Waals surface area contributed by atoms with Crippen LogP contribution in [0.4, 0.5) is 0 Å². The summed E-state index contributed by atoms with van der Waals surface area (Å²) in [5, 5.41) is 9.83. The van der Waals surface area contributed by atoms with Gasteiger partial charge in [0.05, 0.1) is 12.8 Å². The number of amides is 1. The number of nitrogens with one attached hydrogen (secondary N) is 2. The first-order valence-corrected chi connectivity index (χ1v) is 7.28. The molecule has 0 atom stereocenters. The van der Waals surface area contributed by atoms with Crippen LogP contribution in [-0.2, 0) is 6.54 Å². The lowest BCUT2D eigenvalue weighted by Gasteiger charge is -2.05. The van der Waals surface area contributed by atoms with Gasteiger partial charge in [0.1, 0.15) is 11.4 Å². The summed E-state index contributed by atoms with van der Waals surface area (Å²) in [5.41, 5.74) is 3.12. The van der Waals surface area contributed by atoms with E-state index in [-0.39, 0.29) is 5.91 Å². The summed E-state index contributed by atoms with van der Waals surface area (Å²) >= 11 is 0. The molecule has 0 aliphatic carbocycles. The third-order valence-corrected chi connectivity index (χ3v) is 3.48. The number of carbonyl (C=O) groups excluding carboxylic acids is 1. The Balaban J connectivity index is 1.66. The van der Waals surface area contributed by atoms with Crippen LogP contribution in [-0.4, -0.2) is 23.2 Å². The van der Waals surface area contributed by atoms with Crippen molar-refractivity contribution in [2.45, 2.75) is 6.54 Å². The van der Waals surface area contributed by atoms with E-state index in [4.69, 9.17) is 4.74 Å². The molecule has 0 aliphatic rings. The molecule has 0 aliphatic heterocycles. The van der Waals surface area contributed by atoms with E-state index in [0.29, 0.717) is 12.2 Å². The lowest BCUT2D eigenvalue weighted by molar-refractivity contribution is 0.0946. The fourth-order valence-corrected chi connectivity index (χ4v) is 2.25. The average Bonchev–Trinajstić information content (AvgIpc) is 3.11. The van der Waals surface area contributed by atoms with Crippen molar-refractivity contribution < 1.29 is 9.53 Å². The van der Waals surface area contributed by atoms with Crippen molar-refractivity contribution in [3.63, 3.8) is 0 Å². The Labute approximate surface area is 134 Å². The number of benzene rings is 2. The van der Waals surface area contributed by atoms with Gasteiger partial charge in [-0.15, -0.1) is 0 Å². The molecular formula is C18H17N3O2. The van der Waals surface area contributed by atoms with Gasteiger partial charge in [-0.05, 0) is 23.8 Å². The van der Waals surface area contributed by atoms with Gasteiger partial charge in [0, 0.05) is 12.1 Å². The largest absolute Gasteiger partial charge is 0.497 e. The zero-order valence-electron chi connectivity index (χ0n) is 12.7. The topological polar surface area (TPSA) is 67.0 Å². The highest BCUT2D eigenvalue weighted by molar-refractivity contribution is 5.93. The van der Waals surface area contributed by atoms with Gasteiger partial charge in [-0.25, -0.2) is 0 Å². The van der Waals surface area contributed by atoms with Gasteiger partial charge >= 0.3 is 0 Å². The molecule has 0 fully saturated rings. The Morgan fingerprint density at radius 2 is 1.96 bits per heavy atom. The number of hydrogen-bond acceptors (Lipinski definition) is 3. The van der Waals surface area contributed by atoms with Crippen LogP contribution in [0.5, 0.6) is 5.75 Å². The summed E-state index contributed by atoms with van der Waals surface area (Å²) in [4.78, 5) is 12.2.